The Kier molecular flexibility index (Phi) is 9.69. The number of rotatable bonds is 8. The number of halogens is 6. The fourth-order valence-corrected chi connectivity index (χ4v) is 5.30. The van der Waals surface area contributed by atoms with E-state index in [0.29, 0.717) is 49.1 Å². The molecular weight excluding hydrogens is 543 g/mol. The quantitative estimate of drug-likeness (QED) is 0.427. The highest BCUT2D eigenvalue weighted by molar-refractivity contribution is 6.31. The number of aliphatic hydroxyl groups is 1. The lowest BCUT2D eigenvalue weighted by molar-refractivity contribution is -0.138. The van der Waals surface area contributed by atoms with Crippen LogP contribution in [0.3, 0.4) is 0 Å². The maximum atomic E-state index is 15.0. The first-order valence-corrected chi connectivity index (χ1v) is 13.4. The number of piperidine rings is 1. The predicted molar refractivity (Wildman–Crippen MR) is 140 cm³/mol. The minimum atomic E-state index is -4.22. The topological polar surface area (TPSA) is 59.1 Å². The molecule has 214 valence electrons. The average Bonchev–Trinajstić information content (AvgIpc) is 2.91. The van der Waals surface area contributed by atoms with Gasteiger partial charge < -0.3 is 15.3 Å². The summed E-state index contributed by atoms with van der Waals surface area (Å²) in [4.78, 5) is 18.6. The zero-order chi connectivity index (χ0) is 28.2. The molecule has 2 N–H and O–H groups in total. The van der Waals surface area contributed by atoms with Crippen molar-refractivity contribution in [2.45, 2.75) is 32.0 Å². The van der Waals surface area contributed by atoms with E-state index in [9.17, 15) is 27.5 Å². The number of carbonyl (C=O) groups excluding carboxylic acids is 1. The summed E-state index contributed by atoms with van der Waals surface area (Å²) in [6, 6.07) is 7.39. The summed E-state index contributed by atoms with van der Waals surface area (Å²) in [7, 11) is 0. The van der Waals surface area contributed by atoms with Crippen molar-refractivity contribution in [1.82, 2.24) is 9.80 Å². The molecule has 0 bridgehead atoms. The Morgan fingerprint density at radius 1 is 1.03 bits per heavy atom. The first-order chi connectivity index (χ1) is 18.5. The van der Waals surface area contributed by atoms with Gasteiger partial charge >= 0.3 is 6.18 Å². The minimum Gasteiger partial charge on any atom is -0.396 e. The maximum absolute atomic E-state index is 15.0. The zero-order valence-electron chi connectivity index (χ0n) is 21.4. The molecule has 2 saturated heterocycles. The summed E-state index contributed by atoms with van der Waals surface area (Å²) in [6.45, 7) is 3.06. The molecular formula is C27H32ClF5N4O2. The number of benzene rings is 2. The normalized spacial score (nSPS) is 19.4. The van der Waals surface area contributed by atoms with Gasteiger partial charge in [0.05, 0.1) is 23.4 Å². The van der Waals surface area contributed by atoms with Crippen LogP contribution in [0.5, 0.6) is 0 Å². The Bertz CT molecular complexity index is 1160. The lowest BCUT2D eigenvalue weighted by atomic mass is 9.98. The smallest absolute Gasteiger partial charge is 0.390 e. The van der Waals surface area contributed by atoms with Crippen LogP contribution in [0.1, 0.15) is 35.2 Å². The van der Waals surface area contributed by atoms with E-state index in [1.165, 1.54) is 12.1 Å². The molecule has 0 aliphatic carbocycles. The van der Waals surface area contributed by atoms with Crippen LogP contribution in [-0.2, 0) is 6.54 Å². The molecule has 39 heavy (non-hydrogen) atoms. The van der Waals surface area contributed by atoms with Crippen molar-refractivity contribution in [3.8, 4) is 0 Å². The third-order valence-corrected chi connectivity index (χ3v) is 7.53. The Balaban J connectivity index is 1.43. The fourth-order valence-electron chi connectivity index (χ4n) is 5.13. The van der Waals surface area contributed by atoms with E-state index in [2.05, 4.69) is 5.32 Å². The summed E-state index contributed by atoms with van der Waals surface area (Å²) in [5.74, 6) is -3.05. The third-order valence-electron chi connectivity index (χ3n) is 7.29. The Morgan fingerprint density at radius 3 is 2.46 bits per heavy atom. The molecule has 2 aliphatic heterocycles. The summed E-state index contributed by atoms with van der Waals surface area (Å²) < 4.78 is 67.7. The van der Waals surface area contributed by atoms with Gasteiger partial charge in [0.25, 0.3) is 5.91 Å². The largest absolute Gasteiger partial charge is 0.396 e. The molecule has 2 aromatic carbocycles. The molecule has 2 aromatic rings. The third kappa shape index (κ3) is 7.81. The number of carbonyl (C=O) groups is 1. The molecule has 1 amide bonds. The molecule has 2 aliphatic rings. The number of piperazine rings is 1. The van der Waals surface area contributed by atoms with Crippen molar-refractivity contribution < 1.29 is 31.9 Å². The Hall–Kier alpha value is -2.47. The molecule has 0 unspecified atom stereocenters. The molecule has 0 radical (unpaired) electrons. The van der Waals surface area contributed by atoms with Gasteiger partial charge in [-0.3, -0.25) is 14.6 Å². The molecule has 1 atom stereocenters. The second kappa shape index (κ2) is 12.8. The number of hydrogen-bond acceptors (Lipinski definition) is 5. The first-order valence-electron chi connectivity index (χ1n) is 13.0. The van der Waals surface area contributed by atoms with Crippen LogP contribution in [0.4, 0.5) is 33.3 Å². The summed E-state index contributed by atoms with van der Waals surface area (Å²) in [5, 5.41) is 12.5. The van der Waals surface area contributed by atoms with Gasteiger partial charge in [0.15, 0.2) is 11.6 Å². The van der Waals surface area contributed by atoms with Crippen LogP contribution in [0.2, 0.25) is 5.02 Å². The van der Waals surface area contributed by atoms with E-state index >= 15 is 4.39 Å². The number of hydrogen-bond donors (Lipinski definition) is 2. The van der Waals surface area contributed by atoms with E-state index < -0.39 is 35.7 Å². The van der Waals surface area contributed by atoms with Gasteiger partial charge in [-0.2, -0.15) is 13.2 Å². The van der Waals surface area contributed by atoms with Crippen LogP contribution in [-0.4, -0.2) is 79.4 Å². The average molecular weight is 575 g/mol. The Labute approximate surface area is 229 Å². The molecule has 12 heteroatoms. The first kappa shape index (κ1) is 29.5. The van der Waals surface area contributed by atoms with E-state index in [1.807, 2.05) is 9.80 Å². The lowest BCUT2D eigenvalue weighted by Gasteiger charge is -2.37. The van der Waals surface area contributed by atoms with Crippen molar-refractivity contribution in [2.75, 3.05) is 62.6 Å². The number of alkyl halides is 3. The summed E-state index contributed by atoms with van der Waals surface area (Å²) in [5.41, 5.74) is 0.576. The van der Waals surface area contributed by atoms with Crippen molar-refractivity contribution >= 4 is 28.9 Å². The van der Waals surface area contributed by atoms with Crippen LogP contribution >= 0.6 is 11.6 Å². The summed E-state index contributed by atoms with van der Waals surface area (Å²) >= 11 is 6.18. The standard InChI is InChI=1S/C27H32ClF5N4O2/c28-20-4-6-22(23(14-20)37-12-10-35(11-13-37)9-7-27(31,32)33)34-26(39)21-5-3-19(24(29)25(21)30)16-36-8-1-2-18(15-36)17-38/h3-6,14,18,38H,1-2,7-13,15-17H2,(H,34,39)/t18-/m0/s1. The number of anilines is 2. The second-order valence-electron chi connectivity index (χ2n) is 10.1. The lowest BCUT2D eigenvalue weighted by Crippen LogP contribution is -2.47. The van der Waals surface area contributed by atoms with Crippen LogP contribution < -0.4 is 10.2 Å². The van der Waals surface area contributed by atoms with E-state index in [0.717, 1.165) is 19.4 Å². The van der Waals surface area contributed by atoms with E-state index in [4.69, 9.17) is 11.6 Å². The minimum absolute atomic E-state index is 0.0485. The van der Waals surface area contributed by atoms with Crippen LogP contribution in [0.15, 0.2) is 30.3 Å². The van der Waals surface area contributed by atoms with E-state index in [-0.39, 0.29) is 31.2 Å². The van der Waals surface area contributed by atoms with Gasteiger partial charge in [-0.05, 0) is 49.6 Å². The van der Waals surface area contributed by atoms with Crippen LogP contribution in [0.25, 0.3) is 0 Å². The molecule has 0 aromatic heterocycles. The molecule has 2 fully saturated rings. The molecule has 4 rings (SSSR count). The fraction of sp³-hybridized carbons (Fsp3) is 0.519. The van der Waals surface area contributed by atoms with Gasteiger partial charge in [0.1, 0.15) is 0 Å². The highest BCUT2D eigenvalue weighted by Crippen LogP contribution is 2.32. The zero-order valence-corrected chi connectivity index (χ0v) is 22.2. The van der Waals surface area contributed by atoms with Gasteiger partial charge in [-0.25, -0.2) is 8.78 Å². The molecule has 6 nitrogen and oxygen atoms in total. The van der Waals surface area contributed by atoms with Gasteiger partial charge in [-0.15, -0.1) is 0 Å². The highest BCUT2D eigenvalue weighted by atomic mass is 35.5. The van der Waals surface area contributed by atoms with Crippen molar-refractivity contribution in [3.05, 3.63) is 58.1 Å². The predicted octanol–water partition coefficient (Wildman–Crippen LogP) is 5.15. The SMILES string of the molecule is O=C(Nc1ccc(Cl)cc1N1CCN(CCC(F)(F)F)CC1)c1ccc(CN2CCC[C@H](CO)C2)c(F)c1F. The molecule has 0 saturated carbocycles. The van der Waals surface area contributed by atoms with E-state index in [1.54, 1.807) is 23.1 Å². The molecule has 2 heterocycles. The number of nitrogens with one attached hydrogen (secondary N) is 1. The number of nitrogens with zero attached hydrogens (tertiary/aromatic N) is 3. The molecule has 0 spiro atoms. The Morgan fingerprint density at radius 2 is 1.77 bits per heavy atom. The highest BCUT2D eigenvalue weighted by Gasteiger charge is 2.29. The summed E-state index contributed by atoms with van der Waals surface area (Å²) in [6.07, 6.45) is -3.34. The number of amides is 1. The van der Waals surface area contributed by atoms with Gasteiger partial charge in [-0.1, -0.05) is 17.7 Å². The monoisotopic (exact) mass is 574 g/mol. The van der Waals surface area contributed by atoms with Gasteiger partial charge in [0, 0.05) is 63.0 Å². The van der Waals surface area contributed by atoms with Crippen molar-refractivity contribution in [3.63, 3.8) is 0 Å². The number of aliphatic hydroxyl groups excluding tert-OH is 1. The maximum Gasteiger partial charge on any atom is 0.390 e. The number of likely N-dealkylation sites (tertiary alicyclic amines) is 1. The van der Waals surface area contributed by atoms with Gasteiger partial charge in [0.2, 0.25) is 0 Å². The van der Waals surface area contributed by atoms with Crippen molar-refractivity contribution in [2.24, 2.45) is 5.92 Å². The second-order valence-corrected chi connectivity index (χ2v) is 10.6. The van der Waals surface area contributed by atoms with Crippen molar-refractivity contribution in [1.29, 1.82) is 0 Å². The van der Waals surface area contributed by atoms with Crippen LogP contribution in [0, 0.1) is 17.6 Å².